The number of amides is 2. The fourth-order valence-corrected chi connectivity index (χ4v) is 4.96. The summed E-state index contributed by atoms with van der Waals surface area (Å²) in [7, 11) is 0. The van der Waals surface area contributed by atoms with Gasteiger partial charge in [-0.05, 0) is 47.1 Å². The van der Waals surface area contributed by atoms with Gasteiger partial charge in [-0.1, -0.05) is 45.0 Å². The van der Waals surface area contributed by atoms with Crippen LogP contribution < -0.4 is 10.6 Å². The minimum absolute atomic E-state index is 0.0320. The molecule has 0 radical (unpaired) electrons. The van der Waals surface area contributed by atoms with Gasteiger partial charge in [0.05, 0.1) is 12.1 Å². The van der Waals surface area contributed by atoms with Crippen LogP contribution in [0.15, 0.2) is 42.5 Å². The molecule has 3 rings (SSSR count). The Morgan fingerprint density at radius 3 is 2.27 bits per heavy atom. The van der Waals surface area contributed by atoms with Crippen LogP contribution in [0.5, 0.6) is 0 Å². The minimum atomic E-state index is -1.01. The summed E-state index contributed by atoms with van der Waals surface area (Å²) in [4.78, 5) is 25.4. The second-order valence-electron chi connectivity index (χ2n) is 11.4. The van der Waals surface area contributed by atoms with E-state index in [1.54, 1.807) is 11.8 Å². The SMILES string of the molecule is CC(=O)NC(Cc1cc(F)cc(F)c1)C(O)CNC(c1cccc(CC(C)(C)C)c1)C1CN(C(C)=O)C1. The number of hydrogen-bond acceptors (Lipinski definition) is 4. The number of benzene rings is 2. The van der Waals surface area contributed by atoms with Crippen molar-refractivity contribution >= 4 is 11.8 Å². The van der Waals surface area contributed by atoms with Crippen molar-refractivity contribution in [3.8, 4) is 0 Å². The molecule has 2 amide bonds. The molecule has 8 heteroatoms. The van der Waals surface area contributed by atoms with Crippen molar-refractivity contribution in [3.63, 3.8) is 0 Å². The number of aliphatic hydroxyl groups excluding tert-OH is 1. The third kappa shape index (κ3) is 8.61. The number of nitrogens with zero attached hydrogens (tertiary/aromatic N) is 1. The standard InChI is InChI=1S/C29H39F2N3O3/c1-18(35)33-26(12-21-10-24(30)13-25(31)11-21)27(37)15-32-28(23-16-34(17-23)19(2)36)22-8-6-7-20(9-22)14-29(3,4)5/h6-11,13,23,26-28,32,37H,12,14-17H2,1-5H3,(H,33,35). The number of hydrogen-bond donors (Lipinski definition) is 3. The molecule has 1 fully saturated rings. The van der Waals surface area contributed by atoms with Gasteiger partial charge in [0.2, 0.25) is 11.8 Å². The smallest absolute Gasteiger partial charge is 0.219 e. The molecule has 1 aliphatic rings. The maximum atomic E-state index is 13.7. The van der Waals surface area contributed by atoms with Crippen molar-refractivity contribution < 1.29 is 23.5 Å². The molecular formula is C29H39F2N3O3. The van der Waals surface area contributed by atoms with Crippen molar-refractivity contribution in [1.82, 2.24) is 15.5 Å². The number of carbonyl (C=O) groups excluding carboxylic acids is 2. The van der Waals surface area contributed by atoms with E-state index >= 15 is 0 Å². The Labute approximate surface area is 218 Å². The molecular weight excluding hydrogens is 476 g/mol. The quantitative estimate of drug-likeness (QED) is 0.450. The van der Waals surface area contributed by atoms with Gasteiger partial charge in [0.1, 0.15) is 11.6 Å². The van der Waals surface area contributed by atoms with Gasteiger partial charge in [0.15, 0.2) is 0 Å². The Hall–Kier alpha value is -2.84. The van der Waals surface area contributed by atoms with Crippen molar-refractivity contribution in [2.24, 2.45) is 11.3 Å². The summed E-state index contributed by atoms with van der Waals surface area (Å²) in [6.07, 6.45) is -0.0287. The summed E-state index contributed by atoms with van der Waals surface area (Å²) < 4.78 is 27.4. The lowest BCUT2D eigenvalue weighted by atomic mass is 9.83. The Morgan fingerprint density at radius 2 is 1.70 bits per heavy atom. The second kappa shape index (κ2) is 12.1. The molecule has 3 atom stereocenters. The zero-order valence-corrected chi connectivity index (χ0v) is 22.4. The van der Waals surface area contributed by atoms with Crippen LogP contribution in [-0.4, -0.2) is 53.6 Å². The molecule has 2 aromatic carbocycles. The lowest BCUT2D eigenvalue weighted by Gasteiger charge is -2.44. The molecule has 3 unspecified atom stereocenters. The average molecular weight is 516 g/mol. The summed E-state index contributed by atoms with van der Waals surface area (Å²) in [5.41, 5.74) is 2.76. The van der Waals surface area contributed by atoms with Crippen molar-refractivity contribution in [2.75, 3.05) is 19.6 Å². The van der Waals surface area contributed by atoms with E-state index in [1.165, 1.54) is 24.6 Å². The van der Waals surface area contributed by atoms with E-state index in [4.69, 9.17) is 0 Å². The lowest BCUT2D eigenvalue weighted by molar-refractivity contribution is -0.135. The highest BCUT2D eigenvalue weighted by Gasteiger charge is 2.36. The zero-order chi connectivity index (χ0) is 27.3. The highest BCUT2D eigenvalue weighted by atomic mass is 19.1. The Kier molecular flexibility index (Phi) is 9.42. The number of nitrogens with one attached hydrogen (secondary N) is 2. The van der Waals surface area contributed by atoms with Gasteiger partial charge < -0.3 is 20.6 Å². The molecule has 1 heterocycles. The highest BCUT2D eigenvalue weighted by molar-refractivity contribution is 5.74. The Morgan fingerprint density at radius 1 is 1.05 bits per heavy atom. The molecule has 0 aliphatic carbocycles. The molecule has 37 heavy (non-hydrogen) atoms. The molecule has 0 bridgehead atoms. The van der Waals surface area contributed by atoms with Crippen LogP contribution in [0.3, 0.4) is 0 Å². The first-order valence-corrected chi connectivity index (χ1v) is 12.8. The molecule has 6 nitrogen and oxygen atoms in total. The Bertz CT molecular complexity index is 1080. The fraction of sp³-hybridized carbons (Fsp3) is 0.517. The first kappa shape index (κ1) is 28.7. The fourth-order valence-electron chi connectivity index (χ4n) is 4.96. The van der Waals surface area contributed by atoms with Gasteiger partial charge in [-0.15, -0.1) is 0 Å². The topological polar surface area (TPSA) is 81.7 Å². The van der Waals surface area contributed by atoms with Gasteiger partial charge in [-0.2, -0.15) is 0 Å². The summed E-state index contributed by atoms with van der Waals surface area (Å²) in [5.74, 6) is -1.57. The Balaban J connectivity index is 1.77. The molecule has 1 saturated heterocycles. The van der Waals surface area contributed by atoms with E-state index in [9.17, 15) is 23.5 Å². The largest absolute Gasteiger partial charge is 0.390 e. The summed E-state index contributed by atoms with van der Waals surface area (Å²) >= 11 is 0. The first-order valence-electron chi connectivity index (χ1n) is 12.8. The molecule has 0 spiro atoms. The van der Waals surface area contributed by atoms with Crippen LogP contribution in [0, 0.1) is 23.0 Å². The molecule has 1 aliphatic heterocycles. The normalized spacial score (nSPS) is 16.6. The average Bonchev–Trinajstić information content (AvgIpc) is 2.72. The van der Waals surface area contributed by atoms with Crippen LogP contribution in [0.25, 0.3) is 0 Å². The van der Waals surface area contributed by atoms with Crippen molar-refractivity contribution in [3.05, 3.63) is 70.8 Å². The molecule has 202 valence electrons. The second-order valence-corrected chi connectivity index (χ2v) is 11.4. The molecule has 0 saturated carbocycles. The molecule has 2 aromatic rings. The number of aliphatic hydroxyl groups is 1. The summed E-state index contributed by atoms with van der Waals surface area (Å²) in [6, 6.07) is 10.7. The number of likely N-dealkylation sites (tertiary alicyclic amines) is 1. The minimum Gasteiger partial charge on any atom is -0.390 e. The monoisotopic (exact) mass is 515 g/mol. The van der Waals surface area contributed by atoms with E-state index in [2.05, 4.69) is 43.5 Å². The maximum Gasteiger partial charge on any atom is 0.219 e. The summed E-state index contributed by atoms with van der Waals surface area (Å²) in [5, 5.41) is 17.2. The van der Waals surface area contributed by atoms with E-state index < -0.39 is 23.8 Å². The van der Waals surface area contributed by atoms with Crippen LogP contribution in [-0.2, 0) is 22.4 Å². The third-order valence-electron chi connectivity index (χ3n) is 6.65. The summed E-state index contributed by atoms with van der Waals surface area (Å²) in [6.45, 7) is 10.8. The third-order valence-corrected chi connectivity index (χ3v) is 6.65. The zero-order valence-electron chi connectivity index (χ0n) is 22.4. The van der Waals surface area contributed by atoms with E-state index in [0.29, 0.717) is 18.7 Å². The predicted molar refractivity (Wildman–Crippen MR) is 140 cm³/mol. The number of halogens is 2. The first-order chi connectivity index (χ1) is 17.3. The van der Waals surface area contributed by atoms with Crippen LogP contribution in [0.2, 0.25) is 0 Å². The van der Waals surface area contributed by atoms with Gasteiger partial charge in [0.25, 0.3) is 0 Å². The van der Waals surface area contributed by atoms with Crippen LogP contribution in [0.4, 0.5) is 8.78 Å². The van der Waals surface area contributed by atoms with Gasteiger partial charge >= 0.3 is 0 Å². The van der Waals surface area contributed by atoms with Crippen molar-refractivity contribution in [2.45, 2.75) is 65.6 Å². The molecule has 3 N–H and O–H groups in total. The van der Waals surface area contributed by atoms with Crippen LogP contribution >= 0.6 is 0 Å². The van der Waals surface area contributed by atoms with E-state index in [0.717, 1.165) is 18.1 Å². The predicted octanol–water partition coefficient (Wildman–Crippen LogP) is 3.77. The molecule has 0 aromatic heterocycles. The maximum absolute atomic E-state index is 13.7. The van der Waals surface area contributed by atoms with Crippen molar-refractivity contribution in [1.29, 1.82) is 0 Å². The van der Waals surface area contributed by atoms with Gasteiger partial charge in [-0.3, -0.25) is 9.59 Å². The van der Waals surface area contributed by atoms with E-state index in [1.807, 2.05) is 12.1 Å². The van der Waals surface area contributed by atoms with Crippen LogP contribution in [0.1, 0.15) is 57.4 Å². The highest BCUT2D eigenvalue weighted by Crippen LogP contribution is 2.32. The lowest BCUT2D eigenvalue weighted by Crippen LogP contribution is -2.55. The van der Waals surface area contributed by atoms with E-state index in [-0.39, 0.29) is 42.2 Å². The van der Waals surface area contributed by atoms with Gasteiger partial charge in [0, 0.05) is 51.5 Å². The number of carbonyl (C=O) groups is 2. The van der Waals surface area contributed by atoms with Gasteiger partial charge in [-0.25, -0.2) is 8.78 Å². The number of rotatable bonds is 10.